The van der Waals surface area contributed by atoms with Crippen molar-refractivity contribution in [3.05, 3.63) is 71.3 Å². The largest absolute Gasteiger partial charge is 0.493 e. The van der Waals surface area contributed by atoms with Crippen LogP contribution in [0.1, 0.15) is 27.0 Å². The van der Waals surface area contributed by atoms with Gasteiger partial charge in [0.25, 0.3) is 5.91 Å². The fourth-order valence-electron chi connectivity index (χ4n) is 2.57. The van der Waals surface area contributed by atoms with Crippen LogP contribution in [0.5, 0.6) is 11.5 Å². The third-order valence-electron chi connectivity index (χ3n) is 3.88. The van der Waals surface area contributed by atoms with E-state index >= 15 is 0 Å². The molecule has 24 heavy (non-hydrogen) atoms. The number of carbonyl (C=O) groups excluding carboxylic acids is 1. The van der Waals surface area contributed by atoms with Gasteiger partial charge in [0.1, 0.15) is 0 Å². The maximum atomic E-state index is 12.5. The number of amides is 1. The second-order valence-corrected chi connectivity index (χ2v) is 5.47. The van der Waals surface area contributed by atoms with E-state index in [0.717, 1.165) is 16.7 Å². The standard InChI is InChI=1S/C20H23NO3/c1-5-8-15-11-17(12-18(23-3)19(15)24-4)20(22)21-13-16-10-7-6-9-14(16)2/h5-7,9-12H,1,8,13H2,2-4H3,(H,21,22). The predicted molar refractivity (Wildman–Crippen MR) is 95.8 cm³/mol. The van der Waals surface area contributed by atoms with Gasteiger partial charge in [-0.05, 0) is 36.6 Å². The molecule has 4 heteroatoms. The van der Waals surface area contributed by atoms with Gasteiger partial charge in [-0.3, -0.25) is 4.79 Å². The first-order chi connectivity index (χ1) is 11.6. The van der Waals surface area contributed by atoms with Gasteiger partial charge in [0.2, 0.25) is 0 Å². The molecule has 1 N–H and O–H groups in total. The number of hydrogen-bond donors (Lipinski definition) is 1. The summed E-state index contributed by atoms with van der Waals surface area (Å²) in [7, 11) is 3.15. The molecule has 0 aliphatic carbocycles. The van der Waals surface area contributed by atoms with Gasteiger partial charge in [-0.1, -0.05) is 30.3 Å². The van der Waals surface area contributed by atoms with Crippen LogP contribution in [0.15, 0.2) is 49.1 Å². The first-order valence-electron chi connectivity index (χ1n) is 7.79. The van der Waals surface area contributed by atoms with E-state index < -0.39 is 0 Å². The van der Waals surface area contributed by atoms with Crippen LogP contribution < -0.4 is 14.8 Å². The van der Waals surface area contributed by atoms with Gasteiger partial charge < -0.3 is 14.8 Å². The second-order valence-electron chi connectivity index (χ2n) is 5.47. The zero-order valence-corrected chi connectivity index (χ0v) is 14.4. The van der Waals surface area contributed by atoms with Gasteiger partial charge >= 0.3 is 0 Å². The number of rotatable bonds is 7. The Bertz CT molecular complexity index is 738. The second kappa shape index (κ2) is 8.20. The Hall–Kier alpha value is -2.75. The van der Waals surface area contributed by atoms with Crippen LogP contribution in [0.25, 0.3) is 0 Å². The average Bonchev–Trinajstić information content (AvgIpc) is 2.60. The Kier molecular flexibility index (Phi) is 6.01. The van der Waals surface area contributed by atoms with Crippen molar-refractivity contribution in [3.63, 3.8) is 0 Å². The molecule has 0 radical (unpaired) electrons. The molecule has 0 bridgehead atoms. The lowest BCUT2D eigenvalue weighted by atomic mass is 10.0. The zero-order valence-electron chi connectivity index (χ0n) is 14.4. The van der Waals surface area contributed by atoms with Crippen molar-refractivity contribution in [3.8, 4) is 11.5 Å². The van der Waals surface area contributed by atoms with Crippen molar-refractivity contribution in [2.24, 2.45) is 0 Å². The molecule has 126 valence electrons. The monoisotopic (exact) mass is 325 g/mol. The van der Waals surface area contributed by atoms with Crippen molar-refractivity contribution in [2.75, 3.05) is 14.2 Å². The predicted octanol–water partition coefficient (Wildman–Crippen LogP) is 3.67. The summed E-state index contributed by atoms with van der Waals surface area (Å²) < 4.78 is 10.8. The molecule has 0 atom stereocenters. The molecule has 0 saturated heterocycles. The van der Waals surface area contributed by atoms with Crippen molar-refractivity contribution < 1.29 is 14.3 Å². The number of benzene rings is 2. The minimum Gasteiger partial charge on any atom is -0.493 e. The molecular formula is C20H23NO3. The highest BCUT2D eigenvalue weighted by atomic mass is 16.5. The normalized spacial score (nSPS) is 10.1. The maximum absolute atomic E-state index is 12.5. The van der Waals surface area contributed by atoms with Crippen LogP contribution in [0.4, 0.5) is 0 Å². The smallest absolute Gasteiger partial charge is 0.251 e. The van der Waals surface area contributed by atoms with Crippen LogP contribution >= 0.6 is 0 Å². The fraction of sp³-hybridized carbons (Fsp3) is 0.250. The molecule has 0 aromatic heterocycles. The topological polar surface area (TPSA) is 47.6 Å². The highest BCUT2D eigenvalue weighted by molar-refractivity contribution is 5.95. The summed E-state index contributed by atoms with van der Waals surface area (Å²) in [4.78, 5) is 12.5. The molecule has 0 heterocycles. The molecule has 0 saturated carbocycles. The van der Waals surface area contributed by atoms with E-state index in [0.29, 0.717) is 30.0 Å². The van der Waals surface area contributed by atoms with Crippen LogP contribution in [0.3, 0.4) is 0 Å². The fourth-order valence-corrected chi connectivity index (χ4v) is 2.57. The number of methoxy groups -OCH3 is 2. The Balaban J connectivity index is 2.24. The minimum absolute atomic E-state index is 0.149. The minimum atomic E-state index is -0.149. The Morgan fingerprint density at radius 1 is 1.17 bits per heavy atom. The van der Waals surface area contributed by atoms with E-state index in [1.807, 2.05) is 37.3 Å². The molecule has 0 aliphatic heterocycles. The molecule has 0 unspecified atom stereocenters. The van der Waals surface area contributed by atoms with E-state index in [-0.39, 0.29) is 5.91 Å². The lowest BCUT2D eigenvalue weighted by Crippen LogP contribution is -2.23. The van der Waals surface area contributed by atoms with Crippen molar-refractivity contribution in [2.45, 2.75) is 19.9 Å². The van der Waals surface area contributed by atoms with Crippen LogP contribution in [-0.2, 0) is 13.0 Å². The first kappa shape index (κ1) is 17.6. The van der Waals surface area contributed by atoms with E-state index in [9.17, 15) is 4.79 Å². The van der Waals surface area contributed by atoms with Gasteiger partial charge in [0.15, 0.2) is 11.5 Å². The summed E-state index contributed by atoms with van der Waals surface area (Å²) in [6.45, 7) is 6.26. The van der Waals surface area contributed by atoms with Crippen molar-refractivity contribution >= 4 is 5.91 Å². The lowest BCUT2D eigenvalue weighted by molar-refractivity contribution is 0.0950. The van der Waals surface area contributed by atoms with Gasteiger partial charge in [-0.15, -0.1) is 6.58 Å². The summed E-state index contributed by atoms with van der Waals surface area (Å²) in [5.41, 5.74) is 3.65. The van der Waals surface area contributed by atoms with Crippen molar-refractivity contribution in [1.82, 2.24) is 5.32 Å². The van der Waals surface area contributed by atoms with Gasteiger partial charge in [-0.2, -0.15) is 0 Å². The van der Waals surface area contributed by atoms with E-state index in [1.165, 1.54) is 0 Å². The first-order valence-corrected chi connectivity index (χ1v) is 7.79. The number of hydrogen-bond acceptors (Lipinski definition) is 3. The molecule has 2 rings (SSSR count). The summed E-state index contributed by atoms with van der Waals surface area (Å²) in [5.74, 6) is 1.02. The van der Waals surface area contributed by atoms with Gasteiger partial charge in [0.05, 0.1) is 14.2 Å². The highest BCUT2D eigenvalue weighted by Gasteiger charge is 2.15. The third-order valence-corrected chi connectivity index (χ3v) is 3.88. The van der Waals surface area contributed by atoms with E-state index in [1.54, 1.807) is 26.4 Å². The average molecular weight is 325 g/mol. The summed E-state index contributed by atoms with van der Waals surface area (Å²) >= 11 is 0. The van der Waals surface area contributed by atoms with Gasteiger partial charge in [0, 0.05) is 17.7 Å². The molecule has 0 spiro atoms. The van der Waals surface area contributed by atoms with Crippen molar-refractivity contribution in [1.29, 1.82) is 0 Å². The van der Waals surface area contributed by atoms with E-state index in [2.05, 4.69) is 11.9 Å². The maximum Gasteiger partial charge on any atom is 0.251 e. The molecule has 2 aromatic rings. The number of allylic oxidation sites excluding steroid dienone is 1. The van der Waals surface area contributed by atoms with Gasteiger partial charge in [-0.25, -0.2) is 0 Å². The van der Waals surface area contributed by atoms with E-state index in [4.69, 9.17) is 9.47 Å². The number of carbonyl (C=O) groups is 1. The van der Waals surface area contributed by atoms with Crippen LogP contribution in [-0.4, -0.2) is 20.1 Å². The molecule has 1 amide bonds. The SMILES string of the molecule is C=CCc1cc(C(=O)NCc2ccccc2C)cc(OC)c1OC. The Morgan fingerprint density at radius 2 is 1.92 bits per heavy atom. The molecule has 2 aromatic carbocycles. The Labute approximate surface area is 143 Å². The summed E-state index contributed by atoms with van der Waals surface area (Å²) in [6.07, 6.45) is 2.37. The van der Waals surface area contributed by atoms with Crippen LogP contribution in [0.2, 0.25) is 0 Å². The third kappa shape index (κ3) is 3.96. The summed E-state index contributed by atoms with van der Waals surface area (Å²) in [6, 6.07) is 11.5. The highest BCUT2D eigenvalue weighted by Crippen LogP contribution is 2.33. The molecular weight excluding hydrogens is 302 g/mol. The summed E-state index contributed by atoms with van der Waals surface area (Å²) in [5, 5.41) is 2.95. The molecule has 0 aliphatic rings. The number of aryl methyl sites for hydroxylation is 1. The number of ether oxygens (including phenoxy) is 2. The lowest BCUT2D eigenvalue weighted by Gasteiger charge is -2.14. The zero-order chi connectivity index (χ0) is 17.5. The Morgan fingerprint density at radius 3 is 2.54 bits per heavy atom. The number of nitrogens with one attached hydrogen (secondary N) is 1. The molecule has 4 nitrogen and oxygen atoms in total. The van der Waals surface area contributed by atoms with Crippen LogP contribution in [0, 0.1) is 6.92 Å². The quantitative estimate of drug-likeness (QED) is 0.790. The molecule has 0 fully saturated rings.